The van der Waals surface area contributed by atoms with Crippen LogP contribution in [0.5, 0.6) is 11.5 Å². The standard InChI is InChI=1S/C30H27N3O4S3/c1-5-37-24-13-11-22(12-14-24)32-27-26(40-30(32)38)28(35)33(23-9-6-18(2)7-10-23)29(31-27)39-17-21-16-20(19(3)34)8-15-25(21)36-4/h6-16H,5,17H2,1-4H3. The molecule has 0 aliphatic heterocycles. The summed E-state index contributed by atoms with van der Waals surface area (Å²) < 4.78 is 15.6. The summed E-state index contributed by atoms with van der Waals surface area (Å²) in [7, 11) is 1.60. The Balaban J connectivity index is 1.67. The molecule has 5 rings (SSSR count). The third kappa shape index (κ3) is 5.47. The Bertz CT molecular complexity index is 1820. The maximum absolute atomic E-state index is 14.0. The van der Waals surface area contributed by atoms with Gasteiger partial charge in [0.05, 0.1) is 19.4 Å². The zero-order valence-electron chi connectivity index (χ0n) is 22.5. The number of aryl methyl sites for hydroxylation is 1. The SMILES string of the molecule is CCOc1ccc(-n2c(=S)sc3c(=O)n(-c4ccc(C)cc4)c(SCc4cc(C(C)=O)ccc4OC)nc32)cc1. The number of carbonyl (C=O) groups excluding carboxylic acids is 1. The number of Topliss-reactive ketones (excluding diaryl/α,β-unsaturated/α-hetero) is 1. The molecule has 0 unspecified atom stereocenters. The van der Waals surface area contributed by atoms with Crippen LogP contribution in [0.1, 0.15) is 35.3 Å². The number of fused-ring (bicyclic) bond motifs is 1. The summed E-state index contributed by atoms with van der Waals surface area (Å²) in [5.74, 6) is 1.82. The van der Waals surface area contributed by atoms with Gasteiger partial charge >= 0.3 is 0 Å². The minimum Gasteiger partial charge on any atom is -0.496 e. The summed E-state index contributed by atoms with van der Waals surface area (Å²) in [5.41, 5.74) is 4.33. The molecule has 0 radical (unpaired) electrons. The van der Waals surface area contributed by atoms with Crippen molar-refractivity contribution in [3.8, 4) is 22.9 Å². The van der Waals surface area contributed by atoms with E-state index in [1.54, 1.807) is 23.8 Å². The molecule has 0 amide bonds. The lowest BCUT2D eigenvalue weighted by molar-refractivity contribution is 0.101. The van der Waals surface area contributed by atoms with Crippen LogP contribution in [0.3, 0.4) is 0 Å². The van der Waals surface area contributed by atoms with Crippen molar-refractivity contribution in [3.63, 3.8) is 0 Å². The molecule has 10 heteroatoms. The fourth-order valence-electron chi connectivity index (χ4n) is 4.29. The molecule has 0 aliphatic carbocycles. The van der Waals surface area contributed by atoms with Gasteiger partial charge in [-0.15, -0.1) is 0 Å². The van der Waals surface area contributed by atoms with Crippen molar-refractivity contribution in [2.24, 2.45) is 0 Å². The molecule has 2 heterocycles. The van der Waals surface area contributed by atoms with E-state index in [0.717, 1.165) is 22.6 Å². The number of aromatic nitrogens is 3. The molecule has 0 fully saturated rings. The Morgan fingerprint density at radius 1 is 1.02 bits per heavy atom. The van der Waals surface area contributed by atoms with E-state index in [1.165, 1.54) is 30.0 Å². The summed E-state index contributed by atoms with van der Waals surface area (Å²) in [6.07, 6.45) is 0. The van der Waals surface area contributed by atoms with Crippen molar-refractivity contribution in [2.45, 2.75) is 31.7 Å². The molecule has 0 bridgehead atoms. The monoisotopic (exact) mass is 589 g/mol. The van der Waals surface area contributed by atoms with Gasteiger partial charge in [0, 0.05) is 22.6 Å². The van der Waals surface area contributed by atoms with E-state index in [1.807, 2.05) is 73.0 Å². The maximum atomic E-state index is 14.0. The average Bonchev–Trinajstić information content (AvgIpc) is 3.29. The molecule has 0 N–H and O–H groups in total. The van der Waals surface area contributed by atoms with E-state index < -0.39 is 0 Å². The highest BCUT2D eigenvalue weighted by molar-refractivity contribution is 7.98. The topological polar surface area (TPSA) is 75.3 Å². The molecule has 0 aliphatic rings. The summed E-state index contributed by atoms with van der Waals surface area (Å²) in [6, 6.07) is 20.7. The summed E-state index contributed by atoms with van der Waals surface area (Å²) in [6.45, 7) is 6.04. The van der Waals surface area contributed by atoms with Crippen molar-refractivity contribution >= 4 is 51.4 Å². The minimum atomic E-state index is -0.193. The van der Waals surface area contributed by atoms with Gasteiger partial charge in [0.25, 0.3) is 5.56 Å². The fraction of sp³-hybridized carbons (Fsp3) is 0.200. The Kier molecular flexibility index (Phi) is 8.20. The highest BCUT2D eigenvalue weighted by atomic mass is 32.2. The first-order valence-corrected chi connectivity index (χ1v) is 14.8. The first-order valence-electron chi connectivity index (χ1n) is 12.6. The lowest BCUT2D eigenvalue weighted by atomic mass is 10.1. The Hall–Kier alpha value is -3.73. The van der Waals surface area contributed by atoms with E-state index in [-0.39, 0.29) is 11.3 Å². The third-order valence-electron chi connectivity index (χ3n) is 6.32. The van der Waals surface area contributed by atoms with Crippen molar-refractivity contribution in [1.82, 2.24) is 14.1 Å². The van der Waals surface area contributed by atoms with Gasteiger partial charge < -0.3 is 9.47 Å². The number of nitrogens with zero attached hydrogens (tertiary/aromatic N) is 3. The second kappa shape index (κ2) is 11.8. The van der Waals surface area contributed by atoms with Crippen LogP contribution in [-0.4, -0.2) is 33.6 Å². The zero-order valence-corrected chi connectivity index (χ0v) is 24.9. The van der Waals surface area contributed by atoms with Gasteiger partial charge in [-0.2, -0.15) is 0 Å². The number of rotatable bonds is 9. The lowest BCUT2D eigenvalue weighted by Crippen LogP contribution is -2.21. The molecule has 0 saturated heterocycles. The minimum absolute atomic E-state index is 0.0299. The largest absolute Gasteiger partial charge is 0.496 e. The Labute approximate surface area is 245 Å². The van der Waals surface area contributed by atoms with Crippen molar-refractivity contribution < 1.29 is 14.3 Å². The predicted octanol–water partition coefficient (Wildman–Crippen LogP) is 7.18. The third-order valence-corrected chi connectivity index (χ3v) is 8.66. The van der Waals surface area contributed by atoms with Gasteiger partial charge in [-0.25, -0.2) is 4.98 Å². The second-order valence-electron chi connectivity index (χ2n) is 9.03. The van der Waals surface area contributed by atoms with Crippen molar-refractivity contribution in [3.05, 3.63) is 97.7 Å². The Morgan fingerprint density at radius 3 is 2.35 bits per heavy atom. The van der Waals surface area contributed by atoms with Crippen LogP contribution in [0.2, 0.25) is 0 Å². The summed E-state index contributed by atoms with van der Waals surface area (Å²) in [4.78, 5) is 31.1. The number of thiazole rings is 1. The van der Waals surface area contributed by atoms with Crippen LogP contribution in [-0.2, 0) is 5.75 Å². The van der Waals surface area contributed by atoms with Gasteiger partial charge in [-0.1, -0.05) is 40.8 Å². The van der Waals surface area contributed by atoms with Gasteiger partial charge in [0.15, 0.2) is 20.5 Å². The zero-order chi connectivity index (χ0) is 28.4. The first-order chi connectivity index (χ1) is 19.3. The molecule has 40 heavy (non-hydrogen) atoms. The van der Waals surface area contributed by atoms with E-state index in [0.29, 0.717) is 48.8 Å². The molecule has 5 aromatic rings. The molecule has 0 saturated carbocycles. The molecule has 7 nitrogen and oxygen atoms in total. The summed E-state index contributed by atoms with van der Waals surface area (Å²) >= 11 is 8.36. The number of ketones is 1. The average molecular weight is 590 g/mol. The van der Waals surface area contributed by atoms with Gasteiger partial charge in [-0.3, -0.25) is 18.7 Å². The van der Waals surface area contributed by atoms with Crippen molar-refractivity contribution in [1.29, 1.82) is 0 Å². The van der Waals surface area contributed by atoms with Gasteiger partial charge in [0.2, 0.25) is 0 Å². The number of ether oxygens (including phenoxy) is 2. The lowest BCUT2D eigenvalue weighted by Gasteiger charge is -2.14. The first kappa shape index (κ1) is 27.8. The number of carbonyl (C=O) groups is 1. The number of methoxy groups -OCH3 is 1. The highest BCUT2D eigenvalue weighted by Gasteiger charge is 2.20. The smallest absolute Gasteiger partial charge is 0.278 e. The number of hydrogen-bond donors (Lipinski definition) is 0. The fourth-order valence-corrected chi connectivity index (χ4v) is 6.58. The van der Waals surface area contributed by atoms with E-state index in [9.17, 15) is 9.59 Å². The molecular formula is C30H27N3O4S3. The summed E-state index contributed by atoms with van der Waals surface area (Å²) in [5, 5.41) is 0.504. The molecule has 0 atom stereocenters. The molecule has 0 spiro atoms. The maximum Gasteiger partial charge on any atom is 0.278 e. The van der Waals surface area contributed by atoms with E-state index >= 15 is 0 Å². The van der Waals surface area contributed by atoms with Crippen LogP contribution < -0.4 is 15.0 Å². The van der Waals surface area contributed by atoms with Crippen molar-refractivity contribution in [2.75, 3.05) is 13.7 Å². The highest BCUT2D eigenvalue weighted by Crippen LogP contribution is 2.32. The van der Waals surface area contributed by atoms with Crippen LogP contribution in [0.15, 0.2) is 76.7 Å². The molecule has 3 aromatic carbocycles. The number of hydrogen-bond acceptors (Lipinski definition) is 8. The quantitative estimate of drug-likeness (QED) is 0.0780. The van der Waals surface area contributed by atoms with E-state index in [4.69, 9.17) is 26.7 Å². The van der Waals surface area contributed by atoms with Gasteiger partial charge in [0.1, 0.15) is 16.2 Å². The number of benzene rings is 3. The normalized spacial score (nSPS) is 11.1. The van der Waals surface area contributed by atoms with Crippen LogP contribution >= 0.6 is 35.3 Å². The molecule has 204 valence electrons. The number of thioether (sulfide) groups is 1. The predicted molar refractivity (Wildman–Crippen MR) is 164 cm³/mol. The second-order valence-corrected chi connectivity index (χ2v) is 11.6. The van der Waals surface area contributed by atoms with Crippen LogP contribution in [0, 0.1) is 10.9 Å². The van der Waals surface area contributed by atoms with Crippen LogP contribution in [0.4, 0.5) is 0 Å². The van der Waals surface area contributed by atoms with E-state index in [2.05, 4.69) is 0 Å². The molecule has 2 aromatic heterocycles. The Morgan fingerprint density at radius 2 is 1.70 bits per heavy atom. The molecular weight excluding hydrogens is 563 g/mol. The van der Waals surface area contributed by atoms with Gasteiger partial charge in [-0.05, 0) is 87.6 Å². The van der Waals surface area contributed by atoms with Crippen LogP contribution in [0.25, 0.3) is 21.7 Å².